The van der Waals surface area contributed by atoms with E-state index in [4.69, 9.17) is 0 Å². The lowest BCUT2D eigenvalue weighted by Gasteiger charge is -2.29. The first kappa shape index (κ1) is 14.7. The molecule has 0 aliphatic carbocycles. The molecular formula is C13H23BrN2O. The molecule has 0 fully saturated rings. The Morgan fingerprint density at radius 3 is 2.35 bits per heavy atom. The van der Waals surface area contributed by atoms with E-state index in [0.717, 1.165) is 23.0 Å². The summed E-state index contributed by atoms with van der Waals surface area (Å²) in [7, 11) is 1.97. The van der Waals surface area contributed by atoms with E-state index in [9.17, 15) is 5.11 Å². The zero-order valence-electron chi connectivity index (χ0n) is 11.4. The summed E-state index contributed by atoms with van der Waals surface area (Å²) in [6.07, 6.45) is 1.78. The Balaban J connectivity index is 2.98. The second-order valence-electron chi connectivity index (χ2n) is 5.63. The van der Waals surface area contributed by atoms with Gasteiger partial charge in [0.05, 0.1) is 15.9 Å². The van der Waals surface area contributed by atoms with Crippen molar-refractivity contribution in [1.29, 1.82) is 0 Å². The summed E-state index contributed by atoms with van der Waals surface area (Å²) in [6, 6.07) is 0. The van der Waals surface area contributed by atoms with Gasteiger partial charge in [-0.2, -0.15) is 5.10 Å². The Labute approximate surface area is 112 Å². The van der Waals surface area contributed by atoms with E-state index in [0.29, 0.717) is 0 Å². The van der Waals surface area contributed by atoms with Crippen LogP contribution in [0.5, 0.6) is 0 Å². The molecule has 17 heavy (non-hydrogen) atoms. The second kappa shape index (κ2) is 5.53. The van der Waals surface area contributed by atoms with Gasteiger partial charge in [-0.1, -0.05) is 27.7 Å². The van der Waals surface area contributed by atoms with E-state index in [1.165, 1.54) is 5.69 Å². The molecule has 0 spiro atoms. The topological polar surface area (TPSA) is 38.0 Å². The summed E-state index contributed by atoms with van der Waals surface area (Å²) in [5.41, 5.74) is 2.37. The number of aromatic nitrogens is 2. The second-order valence-corrected chi connectivity index (χ2v) is 6.43. The number of aliphatic hydroxyl groups is 1. The third kappa shape index (κ3) is 3.32. The highest BCUT2D eigenvalue weighted by Crippen LogP contribution is 2.31. The summed E-state index contributed by atoms with van der Waals surface area (Å²) in [5, 5.41) is 14.0. The molecule has 1 unspecified atom stereocenters. The molecular weight excluding hydrogens is 280 g/mol. The molecule has 0 aromatic carbocycles. The predicted molar refractivity (Wildman–Crippen MR) is 74.0 cm³/mol. The molecule has 3 nitrogen and oxygen atoms in total. The van der Waals surface area contributed by atoms with Crippen LogP contribution in [0.1, 0.15) is 39.1 Å². The molecule has 0 amide bonds. The molecule has 0 saturated carbocycles. The highest BCUT2D eigenvalue weighted by molar-refractivity contribution is 9.10. The summed E-state index contributed by atoms with van der Waals surface area (Å²) < 4.78 is 3.03. The van der Waals surface area contributed by atoms with Crippen LogP contribution in [-0.4, -0.2) is 21.5 Å². The fourth-order valence-corrected chi connectivity index (χ4v) is 2.70. The first-order valence-electron chi connectivity index (χ1n) is 6.12. The summed E-state index contributed by atoms with van der Waals surface area (Å²) >= 11 is 3.62. The molecule has 1 rings (SSSR count). The van der Waals surface area contributed by atoms with Crippen molar-refractivity contribution in [1.82, 2.24) is 9.78 Å². The zero-order valence-corrected chi connectivity index (χ0v) is 13.0. The van der Waals surface area contributed by atoms with Gasteiger partial charge in [0.15, 0.2) is 0 Å². The van der Waals surface area contributed by atoms with Crippen LogP contribution in [0, 0.1) is 11.3 Å². The Morgan fingerprint density at radius 2 is 2.00 bits per heavy atom. The van der Waals surface area contributed by atoms with Crippen LogP contribution in [0.3, 0.4) is 0 Å². The number of halogens is 1. The average molecular weight is 303 g/mol. The van der Waals surface area contributed by atoms with Gasteiger partial charge in [-0.3, -0.25) is 4.68 Å². The fraction of sp³-hybridized carbons (Fsp3) is 0.769. The molecule has 98 valence electrons. The van der Waals surface area contributed by atoms with Crippen molar-refractivity contribution in [2.45, 2.75) is 40.5 Å². The molecule has 1 aromatic rings. The lowest BCUT2D eigenvalue weighted by Crippen LogP contribution is -2.27. The monoisotopic (exact) mass is 302 g/mol. The van der Waals surface area contributed by atoms with Gasteiger partial charge >= 0.3 is 0 Å². The van der Waals surface area contributed by atoms with Crippen molar-refractivity contribution in [2.75, 3.05) is 6.61 Å². The third-order valence-corrected chi connectivity index (χ3v) is 4.30. The van der Waals surface area contributed by atoms with Crippen LogP contribution >= 0.6 is 15.9 Å². The van der Waals surface area contributed by atoms with Crippen LogP contribution in [0.2, 0.25) is 0 Å². The largest absolute Gasteiger partial charge is 0.396 e. The Hall–Kier alpha value is -0.350. The van der Waals surface area contributed by atoms with Crippen LogP contribution in [0.25, 0.3) is 0 Å². The SMILES string of the molecule is CCc1nn(C)c(CC(CO)C(C)(C)C)c1Br. The van der Waals surface area contributed by atoms with Gasteiger partial charge in [0.1, 0.15) is 0 Å². The highest BCUT2D eigenvalue weighted by atomic mass is 79.9. The van der Waals surface area contributed by atoms with Crippen LogP contribution in [-0.2, 0) is 19.9 Å². The van der Waals surface area contributed by atoms with Crippen LogP contribution in [0.15, 0.2) is 4.47 Å². The normalized spacial score (nSPS) is 14.1. The molecule has 1 N–H and O–H groups in total. The van der Waals surface area contributed by atoms with Crippen molar-refractivity contribution in [3.05, 3.63) is 15.9 Å². The molecule has 1 atom stereocenters. The lowest BCUT2D eigenvalue weighted by molar-refractivity contribution is 0.129. The van der Waals surface area contributed by atoms with E-state index in [1.54, 1.807) is 0 Å². The minimum Gasteiger partial charge on any atom is -0.396 e. The molecule has 0 aliphatic heterocycles. The van der Waals surface area contributed by atoms with Crippen molar-refractivity contribution in [3.8, 4) is 0 Å². The number of aryl methyl sites for hydroxylation is 2. The van der Waals surface area contributed by atoms with Gasteiger partial charge in [-0.05, 0) is 40.1 Å². The summed E-state index contributed by atoms with van der Waals surface area (Å²) in [6.45, 7) is 8.81. The van der Waals surface area contributed by atoms with Crippen LogP contribution in [0.4, 0.5) is 0 Å². The third-order valence-electron chi connectivity index (χ3n) is 3.39. The molecule has 1 aromatic heterocycles. The first-order chi connectivity index (χ1) is 7.81. The van der Waals surface area contributed by atoms with Gasteiger partial charge in [-0.25, -0.2) is 0 Å². The fourth-order valence-electron chi connectivity index (χ4n) is 1.92. The predicted octanol–water partition coefficient (Wildman–Crippen LogP) is 2.94. The summed E-state index contributed by atoms with van der Waals surface area (Å²) in [4.78, 5) is 0. The maximum atomic E-state index is 9.52. The number of hydrogen-bond acceptors (Lipinski definition) is 2. The van der Waals surface area contributed by atoms with E-state index in [1.807, 2.05) is 11.7 Å². The smallest absolute Gasteiger partial charge is 0.0766 e. The van der Waals surface area contributed by atoms with Crippen molar-refractivity contribution >= 4 is 15.9 Å². The maximum absolute atomic E-state index is 9.52. The van der Waals surface area contributed by atoms with E-state index >= 15 is 0 Å². The van der Waals surface area contributed by atoms with Gasteiger partial charge in [0.2, 0.25) is 0 Å². The molecule has 4 heteroatoms. The molecule has 0 aliphatic rings. The van der Waals surface area contributed by atoms with Crippen molar-refractivity contribution in [3.63, 3.8) is 0 Å². The zero-order chi connectivity index (χ0) is 13.2. The standard InChI is InChI=1S/C13H23BrN2O/c1-6-10-12(14)11(16(5)15-10)7-9(8-17)13(2,3)4/h9,17H,6-8H2,1-5H3. The van der Waals surface area contributed by atoms with Crippen molar-refractivity contribution in [2.24, 2.45) is 18.4 Å². The van der Waals surface area contributed by atoms with E-state index < -0.39 is 0 Å². The Bertz CT molecular complexity index is 380. The molecule has 1 heterocycles. The first-order valence-corrected chi connectivity index (χ1v) is 6.91. The quantitative estimate of drug-likeness (QED) is 0.928. The molecule has 0 bridgehead atoms. The van der Waals surface area contributed by atoms with Crippen LogP contribution < -0.4 is 0 Å². The number of aliphatic hydroxyl groups excluding tert-OH is 1. The van der Waals surface area contributed by atoms with Crippen molar-refractivity contribution < 1.29 is 5.11 Å². The number of nitrogens with zero attached hydrogens (tertiary/aromatic N) is 2. The maximum Gasteiger partial charge on any atom is 0.0766 e. The van der Waals surface area contributed by atoms with Gasteiger partial charge in [-0.15, -0.1) is 0 Å². The minimum absolute atomic E-state index is 0.102. The molecule has 0 radical (unpaired) electrons. The lowest BCUT2D eigenvalue weighted by atomic mass is 9.78. The van der Waals surface area contributed by atoms with Gasteiger partial charge in [0, 0.05) is 13.7 Å². The van der Waals surface area contributed by atoms with Gasteiger partial charge < -0.3 is 5.11 Å². The van der Waals surface area contributed by atoms with E-state index in [2.05, 4.69) is 48.7 Å². The average Bonchev–Trinajstić information content (AvgIpc) is 2.49. The minimum atomic E-state index is 0.102. The number of rotatable bonds is 4. The number of hydrogen-bond donors (Lipinski definition) is 1. The van der Waals surface area contributed by atoms with Gasteiger partial charge in [0.25, 0.3) is 0 Å². The Kier molecular flexibility index (Phi) is 4.78. The Morgan fingerprint density at radius 1 is 1.41 bits per heavy atom. The highest BCUT2D eigenvalue weighted by Gasteiger charge is 2.26. The molecule has 0 saturated heterocycles. The van der Waals surface area contributed by atoms with E-state index in [-0.39, 0.29) is 17.9 Å². The summed E-state index contributed by atoms with van der Waals surface area (Å²) in [5.74, 6) is 0.249.